The van der Waals surface area contributed by atoms with Crippen LogP contribution >= 0.6 is 0 Å². The number of ether oxygens (including phenoxy) is 2. The van der Waals surface area contributed by atoms with Gasteiger partial charge in [-0.2, -0.15) is 0 Å². The van der Waals surface area contributed by atoms with Crippen LogP contribution in [0.1, 0.15) is 19.8 Å². The Morgan fingerprint density at radius 2 is 1.86 bits per heavy atom. The minimum atomic E-state index is 0.781. The molecule has 0 heterocycles. The van der Waals surface area contributed by atoms with Crippen LogP contribution in [0.25, 0.3) is 0 Å². The van der Waals surface area contributed by atoms with Crippen molar-refractivity contribution in [2.45, 2.75) is 19.8 Å². The van der Waals surface area contributed by atoms with Crippen molar-refractivity contribution in [2.24, 2.45) is 0 Å². The van der Waals surface area contributed by atoms with E-state index >= 15 is 0 Å². The lowest BCUT2D eigenvalue weighted by atomic mass is 10.3. The molecule has 0 aromatic carbocycles. The molecule has 0 rings (SSSR count). The zero-order chi connectivity index (χ0) is 10.5. The third kappa shape index (κ3) is 11.6. The molecular weight excluding hydrogens is 178 g/mol. The number of unbranched alkanes of at least 4 members (excludes halogenated alkanes) is 1. The molecule has 0 amide bonds. The van der Waals surface area contributed by atoms with Gasteiger partial charge in [0.1, 0.15) is 0 Å². The van der Waals surface area contributed by atoms with Crippen molar-refractivity contribution in [1.82, 2.24) is 5.32 Å². The predicted octanol–water partition coefficient (Wildman–Crippen LogP) is 1.60. The van der Waals surface area contributed by atoms with Gasteiger partial charge in [0.05, 0.1) is 13.2 Å². The van der Waals surface area contributed by atoms with E-state index in [1.807, 2.05) is 13.0 Å². The van der Waals surface area contributed by atoms with Crippen LogP contribution in [0.4, 0.5) is 0 Å². The summed E-state index contributed by atoms with van der Waals surface area (Å²) in [5.41, 5.74) is 0. The van der Waals surface area contributed by atoms with Crippen molar-refractivity contribution in [1.29, 1.82) is 0 Å². The molecular formula is C11H23NO2. The summed E-state index contributed by atoms with van der Waals surface area (Å²) in [6.07, 6.45) is 4.03. The fraction of sp³-hybridized carbons (Fsp3) is 0.818. The Labute approximate surface area is 87.5 Å². The van der Waals surface area contributed by atoms with Gasteiger partial charge >= 0.3 is 0 Å². The molecule has 0 aliphatic carbocycles. The van der Waals surface area contributed by atoms with Crippen LogP contribution in [-0.4, -0.2) is 39.5 Å². The van der Waals surface area contributed by atoms with Gasteiger partial charge in [-0.05, 0) is 19.8 Å². The molecule has 0 aliphatic rings. The SMILES string of the molecule is C=CCCCOCCNCCOCC. The number of allylic oxidation sites excluding steroid dienone is 1. The molecule has 0 bridgehead atoms. The van der Waals surface area contributed by atoms with E-state index in [0.29, 0.717) is 0 Å². The summed E-state index contributed by atoms with van der Waals surface area (Å²) >= 11 is 0. The average molecular weight is 201 g/mol. The minimum absolute atomic E-state index is 0.781. The summed E-state index contributed by atoms with van der Waals surface area (Å²) in [4.78, 5) is 0. The fourth-order valence-electron chi connectivity index (χ4n) is 0.990. The Hall–Kier alpha value is -0.380. The first-order valence-corrected chi connectivity index (χ1v) is 5.39. The molecule has 0 saturated heterocycles. The van der Waals surface area contributed by atoms with Gasteiger partial charge in [-0.15, -0.1) is 6.58 Å². The lowest BCUT2D eigenvalue weighted by molar-refractivity contribution is 0.125. The van der Waals surface area contributed by atoms with Crippen LogP contribution in [0, 0.1) is 0 Å². The van der Waals surface area contributed by atoms with Crippen LogP contribution in [0.5, 0.6) is 0 Å². The second-order valence-corrected chi connectivity index (χ2v) is 2.99. The molecule has 0 fully saturated rings. The molecule has 0 unspecified atom stereocenters. The summed E-state index contributed by atoms with van der Waals surface area (Å²) in [7, 11) is 0. The largest absolute Gasteiger partial charge is 0.380 e. The van der Waals surface area contributed by atoms with Crippen LogP contribution < -0.4 is 5.32 Å². The molecule has 0 radical (unpaired) electrons. The molecule has 0 aliphatic heterocycles. The van der Waals surface area contributed by atoms with E-state index in [0.717, 1.165) is 52.4 Å². The van der Waals surface area contributed by atoms with Crippen molar-refractivity contribution < 1.29 is 9.47 Å². The molecule has 0 atom stereocenters. The Balaban J connectivity index is 2.81. The van der Waals surface area contributed by atoms with Gasteiger partial charge < -0.3 is 14.8 Å². The zero-order valence-electron chi connectivity index (χ0n) is 9.26. The van der Waals surface area contributed by atoms with Crippen LogP contribution in [0.15, 0.2) is 12.7 Å². The molecule has 14 heavy (non-hydrogen) atoms. The smallest absolute Gasteiger partial charge is 0.0590 e. The van der Waals surface area contributed by atoms with E-state index in [4.69, 9.17) is 9.47 Å². The van der Waals surface area contributed by atoms with Crippen molar-refractivity contribution in [3.8, 4) is 0 Å². The third-order valence-corrected chi connectivity index (χ3v) is 1.75. The third-order valence-electron chi connectivity index (χ3n) is 1.75. The maximum absolute atomic E-state index is 5.39. The van der Waals surface area contributed by atoms with Gasteiger partial charge in [0.2, 0.25) is 0 Å². The van der Waals surface area contributed by atoms with Crippen molar-refractivity contribution in [3.05, 3.63) is 12.7 Å². The molecule has 0 spiro atoms. The number of rotatable bonds is 11. The van der Waals surface area contributed by atoms with E-state index in [-0.39, 0.29) is 0 Å². The molecule has 1 N–H and O–H groups in total. The lowest BCUT2D eigenvalue weighted by Crippen LogP contribution is -2.24. The van der Waals surface area contributed by atoms with E-state index in [9.17, 15) is 0 Å². The average Bonchev–Trinajstić information content (AvgIpc) is 2.21. The topological polar surface area (TPSA) is 30.5 Å². The Bertz CT molecular complexity index is 118. The Kier molecular flexibility index (Phi) is 12.3. The summed E-state index contributed by atoms with van der Waals surface area (Å²) < 4.78 is 10.6. The quantitative estimate of drug-likeness (QED) is 0.407. The Morgan fingerprint density at radius 1 is 1.14 bits per heavy atom. The van der Waals surface area contributed by atoms with E-state index in [1.165, 1.54) is 0 Å². The predicted molar refractivity (Wildman–Crippen MR) is 59.6 cm³/mol. The minimum Gasteiger partial charge on any atom is -0.380 e. The first-order chi connectivity index (χ1) is 6.91. The molecule has 0 saturated carbocycles. The van der Waals surface area contributed by atoms with Gasteiger partial charge in [0.15, 0.2) is 0 Å². The van der Waals surface area contributed by atoms with E-state index in [2.05, 4.69) is 11.9 Å². The first-order valence-electron chi connectivity index (χ1n) is 5.39. The van der Waals surface area contributed by atoms with Crippen LogP contribution in [0.3, 0.4) is 0 Å². The number of hydrogen-bond acceptors (Lipinski definition) is 3. The maximum atomic E-state index is 5.39. The highest BCUT2D eigenvalue weighted by molar-refractivity contribution is 4.64. The van der Waals surface area contributed by atoms with Crippen molar-refractivity contribution >= 4 is 0 Å². The summed E-state index contributed by atoms with van der Waals surface area (Å²) in [6, 6.07) is 0. The van der Waals surface area contributed by atoms with Crippen LogP contribution in [-0.2, 0) is 9.47 Å². The number of nitrogens with one attached hydrogen (secondary N) is 1. The highest BCUT2D eigenvalue weighted by Gasteiger charge is 1.89. The van der Waals surface area contributed by atoms with E-state index in [1.54, 1.807) is 0 Å². The normalized spacial score (nSPS) is 10.4. The van der Waals surface area contributed by atoms with E-state index < -0.39 is 0 Å². The number of hydrogen-bond donors (Lipinski definition) is 1. The molecule has 3 nitrogen and oxygen atoms in total. The summed E-state index contributed by atoms with van der Waals surface area (Å²) in [5.74, 6) is 0. The summed E-state index contributed by atoms with van der Waals surface area (Å²) in [6.45, 7) is 10.7. The second-order valence-electron chi connectivity index (χ2n) is 2.99. The lowest BCUT2D eigenvalue weighted by Gasteiger charge is -2.05. The molecule has 3 heteroatoms. The monoisotopic (exact) mass is 201 g/mol. The fourth-order valence-corrected chi connectivity index (χ4v) is 0.990. The highest BCUT2D eigenvalue weighted by atomic mass is 16.5. The van der Waals surface area contributed by atoms with Gasteiger partial charge in [-0.3, -0.25) is 0 Å². The highest BCUT2D eigenvalue weighted by Crippen LogP contribution is 1.89. The van der Waals surface area contributed by atoms with Gasteiger partial charge in [0, 0.05) is 26.3 Å². The van der Waals surface area contributed by atoms with Crippen LogP contribution in [0.2, 0.25) is 0 Å². The van der Waals surface area contributed by atoms with Crippen molar-refractivity contribution in [3.63, 3.8) is 0 Å². The summed E-state index contributed by atoms with van der Waals surface area (Å²) in [5, 5.41) is 3.24. The van der Waals surface area contributed by atoms with Gasteiger partial charge in [-0.1, -0.05) is 6.08 Å². The zero-order valence-corrected chi connectivity index (χ0v) is 9.26. The standard InChI is InChI=1S/C11H23NO2/c1-3-5-6-9-14-11-8-12-7-10-13-4-2/h3,12H,1,4-11H2,2H3. The molecule has 0 aromatic heterocycles. The molecule has 84 valence electrons. The second kappa shape index (κ2) is 12.6. The van der Waals surface area contributed by atoms with Gasteiger partial charge in [-0.25, -0.2) is 0 Å². The Morgan fingerprint density at radius 3 is 2.50 bits per heavy atom. The molecule has 0 aromatic rings. The maximum Gasteiger partial charge on any atom is 0.0590 e. The first kappa shape index (κ1) is 13.6. The van der Waals surface area contributed by atoms with Gasteiger partial charge in [0.25, 0.3) is 0 Å². The van der Waals surface area contributed by atoms with Crippen molar-refractivity contribution in [2.75, 3.05) is 39.5 Å².